The molecule has 0 aliphatic carbocycles. The first-order chi connectivity index (χ1) is 13.4. The Morgan fingerprint density at radius 3 is 2.46 bits per heavy atom. The van der Waals surface area contributed by atoms with Gasteiger partial charge in [-0.15, -0.1) is 0 Å². The normalized spacial score (nSPS) is 30.2. The van der Waals surface area contributed by atoms with Gasteiger partial charge in [0.15, 0.2) is 0 Å². The molecular formula is C21H19Cl2N3O2. The van der Waals surface area contributed by atoms with Crippen LogP contribution in [0.25, 0.3) is 0 Å². The standard InChI is InChI=1S/C21H19Cl2N3O2/c1-21-17(18(13-6-3-2-4-7-13)24-10-5-11-25(21)24)19(27)26(20(21)28)14-8-9-15(22)16(23)12-14/h2-4,6-9,12,17-18H,5,10-11H2,1H3. The number of amides is 2. The molecule has 0 spiro atoms. The number of halogens is 2. The van der Waals surface area contributed by atoms with Gasteiger partial charge in [-0.1, -0.05) is 53.5 Å². The zero-order valence-corrected chi connectivity index (χ0v) is 16.8. The first-order valence-corrected chi connectivity index (χ1v) is 10.1. The lowest BCUT2D eigenvalue weighted by Crippen LogP contribution is -2.52. The highest BCUT2D eigenvalue weighted by molar-refractivity contribution is 6.42. The Morgan fingerprint density at radius 1 is 1.00 bits per heavy atom. The van der Waals surface area contributed by atoms with Crippen molar-refractivity contribution in [3.63, 3.8) is 0 Å². The van der Waals surface area contributed by atoms with Gasteiger partial charge in [0, 0.05) is 13.1 Å². The first-order valence-electron chi connectivity index (χ1n) is 9.37. The summed E-state index contributed by atoms with van der Waals surface area (Å²) in [5.74, 6) is -0.863. The maximum Gasteiger partial charge on any atom is 0.256 e. The van der Waals surface area contributed by atoms with E-state index in [1.54, 1.807) is 18.2 Å². The number of fused-ring (bicyclic) bond motifs is 3. The maximum absolute atomic E-state index is 13.6. The van der Waals surface area contributed by atoms with E-state index in [1.165, 1.54) is 4.90 Å². The maximum atomic E-state index is 13.6. The number of anilines is 1. The van der Waals surface area contributed by atoms with E-state index in [1.807, 2.05) is 37.3 Å². The van der Waals surface area contributed by atoms with Crippen LogP contribution in [0.4, 0.5) is 5.69 Å². The fourth-order valence-electron chi connectivity index (χ4n) is 5.03. The van der Waals surface area contributed by atoms with Crippen molar-refractivity contribution >= 4 is 40.7 Å². The van der Waals surface area contributed by atoms with Crippen LogP contribution in [0, 0.1) is 5.92 Å². The minimum Gasteiger partial charge on any atom is -0.274 e. The molecule has 3 fully saturated rings. The van der Waals surface area contributed by atoms with Gasteiger partial charge in [-0.05, 0) is 37.1 Å². The molecule has 3 saturated heterocycles. The van der Waals surface area contributed by atoms with E-state index in [0.29, 0.717) is 15.7 Å². The van der Waals surface area contributed by atoms with E-state index >= 15 is 0 Å². The van der Waals surface area contributed by atoms with Gasteiger partial charge in [-0.2, -0.15) is 0 Å². The Balaban J connectivity index is 1.64. The lowest BCUT2D eigenvalue weighted by atomic mass is 9.81. The fraction of sp³-hybridized carbons (Fsp3) is 0.333. The molecule has 0 N–H and O–H groups in total. The number of hydrazine groups is 1. The van der Waals surface area contributed by atoms with Gasteiger partial charge in [0.2, 0.25) is 5.91 Å². The van der Waals surface area contributed by atoms with Crippen LogP contribution >= 0.6 is 23.2 Å². The number of hydrogen-bond acceptors (Lipinski definition) is 4. The molecule has 5 rings (SSSR count). The van der Waals surface area contributed by atoms with Gasteiger partial charge in [-0.3, -0.25) is 9.59 Å². The van der Waals surface area contributed by atoms with Gasteiger partial charge in [0.05, 0.1) is 27.7 Å². The molecule has 0 bridgehead atoms. The van der Waals surface area contributed by atoms with Crippen molar-refractivity contribution in [3.8, 4) is 0 Å². The summed E-state index contributed by atoms with van der Waals surface area (Å²) in [6.07, 6.45) is 0.972. The summed E-state index contributed by atoms with van der Waals surface area (Å²) in [7, 11) is 0. The van der Waals surface area contributed by atoms with Crippen molar-refractivity contribution in [3.05, 3.63) is 64.1 Å². The van der Waals surface area contributed by atoms with Gasteiger partial charge < -0.3 is 0 Å². The molecule has 3 atom stereocenters. The molecule has 5 nitrogen and oxygen atoms in total. The molecule has 0 saturated carbocycles. The molecule has 3 aliphatic rings. The van der Waals surface area contributed by atoms with Crippen LogP contribution in [0.2, 0.25) is 10.0 Å². The van der Waals surface area contributed by atoms with Crippen LogP contribution in [0.15, 0.2) is 48.5 Å². The van der Waals surface area contributed by atoms with E-state index in [0.717, 1.165) is 25.1 Å². The highest BCUT2D eigenvalue weighted by Gasteiger charge is 2.70. The van der Waals surface area contributed by atoms with Crippen LogP contribution in [0.3, 0.4) is 0 Å². The number of rotatable bonds is 2. The average molecular weight is 416 g/mol. The van der Waals surface area contributed by atoms with Crippen molar-refractivity contribution in [2.75, 3.05) is 18.0 Å². The molecule has 0 aromatic heterocycles. The van der Waals surface area contributed by atoms with Gasteiger partial charge in [0.25, 0.3) is 5.91 Å². The highest BCUT2D eigenvalue weighted by Crippen LogP contribution is 2.54. The lowest BCUT2D eigenvalue weighted by molar-refractivity contribution is -0.131. The van der Waals surface area contributed by atoms with Crippen LogP contribution in [0.5, 0.6) is 0 Å². The Hall–Kier alpha value is -1.92. The molecule has 3 heterocycles. The van der Waals surface area contributed by atoms with E-state index in [-0.39, 0.29) is 17.9 Å². The van der Waals surface area contributed by atoms with E-state index in [2.05, 4.69) is 10.0 Å². The van der Waals surface area contributed by atoms with E-state index < -0.39 is 11.5 Å². The summed E-state index contributed by atoms with van der Waals surface area (Å²) < 4.78 is 0. The van der Waals surface area contributed by atoms with Crippen LogP contribution < -0.4 is 4.90 Å². The topological polar surface area (TPSA) is 43.9 Å². The Labute approximate surface area is 173 Å². The second-order valence-corrected chi connectivity index (χ2v) is 8.51. The van der Waals surface area contributed by atoms with Gasteiger partial charge in [0.1, 0.15) is 5.54 Å². The van der Waals surface area contributed by atoms with Crippen molar-refractivity contribution in [1.82, 2.24) is 10.0 Å². The summed E-state index contributed by atoms with van der Waals surface area (Å²) >= 11 is 12.2. The predicted molar refractivity (Wildman–Crippen MR) is 108 cm³/mol. The third-order valence-electron chi connectivity index (χ3n) is 6.27. The Morgan fingerprint density at radius 2 is 1.75 bits per heavy atom. The molecule has 2 amide bonds. The zero-order chi connectivity index (χ0) is 19.6. The third kappa shape index (κ3) is 2.28. The molecule has 0 radical (unpaired) electrons. The quantitative estimate of drug-likeness (QED) is 0.697. The number of nitrogens with zero attached hydrogens (tertiary/aromatic N) is 3. The van der Waals surface area contributed by atoms with Crippen molar-refractivity contribution in [2.24, 2.45) is 5.92 Å². The predicted octanol–water partition coefficient (Wildman–Crippen LogP) is 3.92. The Kier molecular flexibility index (Phi) is 4.07. The number of imide groups is 1. The highest BCUT2D eigenvalue weighted by atomic mass is 35.5. The zero-order valence-electron chi connectivity index (χ0n) is 15.3. The number of carbonyl (C=O) groups is 2. The second-order valence-electron chi connectivity index (χ2n) is 7.70. The Bertz CT molecular complexity index is 983. The monoisotopic (exact) mass is 415 g/mol. The summed E-state index contributed by atoms with van der Waals surface area (Å²) in [6.45, 7) is 3.51. The molecular weight excluding hydrogens is 397 g/mol. The minimum atomic E-state index is -0.903. The van der Waals surface area contributed by atoms with Crippen molar-refractivity contribution in [1.29, 1.82) is 0 Å². The molecule has 3 unspecified atom stereocenters. The number of benzene rings is 2. The largest absolute Gasteiger partial charge is 0.274 e. The van der Waals surface area contributed by atoms with Crippen LogP contribution in [-0.4, -0.2) is 40.5 Å². The fourth-order valence-corrected chi connectivity index (χ4v) is 5.32. The summed E-state index contributed by atoms with van der Waals surface area (Å²) in [4.78, 5) is 28.5. The van der Waals surface area contributed by atoms with E-state index in [4.69, 9.17) is 23.2 Å². The molecule has 2 aromatic carbocycles. The van der Waals surface area contributed by atoms with E-state index in [9.17, 15) is 9.59 Å². The third-order valence-corrected chi connectivity index (χ3v) is 7.01. The van der Waals surface area contributed by atoms with Crippen molar-refractivity contribution in [2.45, 2.75) is 24.9 Å². The lowest BCUT2D eigenvalue weighted by Gasteiger charge is -2.33. The number of hydrogen-bond donors (Lipinski definition) is 0. The molecule has 3 aliphatic heterocycles. The smallest absolute Gasteiger partial charge is 0.256 e. The van der Waals surface area contributed by atoms with Gasteiger partial charge in [-0.25, -0.2) is 14.9 Å². The van der Waals surface area contributed by atoms with Crippen molar-refractivity contribution < 1.29 is 9.59 Å². The van der Waals surface area contributed by atoms with Crippen LogP contribution in [0.1, 0.15) is 24.9 Å². The van der Waals surface area contributed by atoms with Gasteiger partial charge >= 0.3 is 0 Å². The first kappa shape index (κ1) is 18.1. The molecule has 28 heavy (non-hydrogen) atoms. The SMILES string of the molecule is CC12C(=O)N(c3ccc(Cl)c(Cl)c3)C(=O)C1C(c1ccccc1)N1CCCN12. The molecule has 2 aromatic rings. The summed E-state index contributed by atoms with van der Waals surface area (Å²) in [5, 5.41) is 5.03. The molecule has 144 valence electrons. The molecule has 7 heteroatoms. The average Bonchev–Trinajstić information content (AvgIpc) is 3.31. The van der Waals surface area contributed by atoms with Crippen LogP contribution in [-0.2, 0) is 9.59 Å². The minimum absolute atomic E-state index is 0.155. The summed E-state index contributed by atoms with van der Waals surface area (Å²) in [5.41, 5.74) is 0.623. The number of carbonyl (C=O) groups excluding carboxylic acids is 2. The summed E-state index contributed by atoms with van der Waals surface area (Å²) in [6, 6.07) is 14.7. The second kappa shape index (κ2) is 6.29.